The fourth-order valence-corrected chi connectivity index (χ4v) is 2.52. The highest BCUT2D eigenvalue weighted by Gasteiger charge is 2.18. The molecule has 1 N–H and O–H groups in total. The second-order valence-electron chi connectivity index (χ2n) is 4.67. The van der Waals surface area contributed by atoms with Crippen LogP contribution in [0.15, 0.2) is 33.5 Å². The van der Waals surface area contributed by atoms with Crippen LogP contribution < -0.4 is 5.56 Å². The summed E-state index contributed by atoms with van der Waals surface area (Å²) in [5.41, 5.74) is 1.47. The number of nitrogens with zero attached hydrogens (tertiary/aromatic N) is 1. The number of pyridine rings is 1. The van der Waals surface area contributed by atoms with Gasteiger partial charge in [-0.25, -0.2) is 0 Å². The molecular weight excluding hydrogens is 322 g/mol. The van der Waals surface area contributed by atoms with Gasteiger partial charge in [-0.3, -0.25) is 14.2 Å². The average Bonchev–Trinajstić information content (AvgIpc) is 2.32. The van der Waals surface area contributed by atoms with Crippen LogP contribution in [0.4, 0.5) is 0 Å². The molecule has 0 radical (unpaired) electrons. The molecule has 0 atom stereocenters. The molecule has 1 heterocycles. The molecule has 0 saturated carbocycles. The summed E-state index contributed by atoms with van der Waals surface area (Å²) in [5.74, 6) is -0.724. The number of benzene rings is 1. The number of carbonyl (C=O) groups is 1. The van der Waals surface area contributed by atoms with E-state index in [1.165, 1.54) is 17.6 Å². The zero-order valence-corrected chi connectivity index (χ0v) is 13.0. The highest BCUT2D eigenvalue weighted by Crippen LogP contribution is 2.23. The highest BCUT2D eigenvalue weighted by molar-refractivity contribution is 9.10. The van der Waals surface area contributed by atoms with Crippen molar-refractivity contribution in [2.24, 2.45) is 0 Å². The molecule has 0 aliphatic rings. The molecule has 2 rings (SSSR count). The van der Waals surface area contributed by atoms with Crippen molar-refractivity contribution in [3.8, 4) is 11.4 Å². The van der Waals surface area contributed by atoms with Crippen molar-refractivity contribution in [2.75, 3.05) is 0 Å². The Labute approximate surface area is 124 Å². The van der Waals surface area contributed by atoms with E-state index in [1.54, 1.807) is 6.92 Å². The second-order valence-corrected chi connectivity index (χ2v) is 5.59. The Kier molecular flexibility index (Phi) is 3.81. The van der Waals surface area contributed by atoms with Gasteiger partial charge in [0.05, 0.1) is 5.69 Å². The smallest absolute Gasteiger partial charge is 0.269 e. The second kappa shape index (κ2) is 5.25. The van der Waals surface area contributed by atoms with E-state index in [4.69, 9.17) is 0 Å². The summed E-state index contributed by atoms with van der Waals surface area (Å²) in [6, 6.07) is 7.00. The van der Waals surface area contributed by atoms with Crippen LogP contribution in [0.3, 0.4) is 0 Å². The third-order valence-electron chi connectivity index (χ3n) is 3.14. The minimum absolute atomic E-state index is 0.185. The van der Waals surface area contributed by atoms with Crippen LogP contribution in [-0.2, 0) is 0 Å². The molecule has 0 unspecified atom stereocenters. The Morgan fingerprint density at radius 3 is 2.50 bits per heavy atom. The first-order valence-corrected chi connectivity index (χ1v) is 6.85. The topological polar surface area (TPSA) is 59.3 Å². The van der Waals surface area contributed by atoms with Crippen molar-refractivity contribution in [3.63, 3.8) is 0 Å². The molecule has 0 fully saturated rings. The standard InChI is InChI=1S/C15H14BrNO3/c1-8-4-5-11(16)7-12(8)17-9(2)6-13(19)14(10(3)18)15(17)20/h4-7,19H,1-3H3. The Bertz CT molecular complexity index is 762. The molecule has 5 heteroatoms. The Morgan fingerprint density at radius 2 is 1.90 bits per heavy atom. The number of ketones is 1. The molecule has 0 aliphatic heterocycles. The summed E-state index contributed by atoms with van der Waals surface area (Å²) in [5, 5.41) is 9.79. The first kappa shape index (κ1) is 14.5. The van der Waals surface area contributed by atoms with Gasteiger partial charge in [-0.1, -0.05) is 22.0 Å². The minimum atomic E-state index is -0.504. The van der Waals surface area contributed by atoms with E-state index in [2.05, 4.69) is 15.9 Å². The molecule has 104 valence electrons. The predicted molar refractivity (Wildman–Crippen MR) is 80.9 cm³/mol. The van der Waals surface area contributed by atoms with Crippen molar-refractivity contribution in [2.45, 2.75) is 20.8 Å². The summed E-state index contributed by atoms with van der Waals surface area (Å²) in [4.78, 5) is 24.0. The number of rotatable bonds is 2. The van der Waals surface area contributed by atoms with Gasteiger partial charge in [0.2, 0.25) is 0 Å². The zero-order valence-electron chi connectivity index (χ0n) is 11.4. The van der Waals surface area contributed by atoms with Gasteiger partial charge < -0.3 is 5.11 Å². The van der Waals surface area contributed by atoms with Gasteiger partial charge in [-0.15, -0.1) is 0 Å². The third kappa shape index (κ3) is 2.41. The number of carbonyl (C=O) groups excluding carboxylic acids is 1. The molecule has 2 aromatic rings. The maximum atomic E-state index is 12.5. The lowest BCUT2D eigenvalue weighted by molar-refractivity contribution is 0.101. The van der Waals surface area contributed by atoms with E-state index in [9.17, 15) is 14.7 Å². The van der Waals surface area contributed by atoms with Crippen LogP contribution >= 0.6 is 15.9 Å². The normalized spacial score (nSPS) is 10.6. The third-order valence-corrected chi connectivity index (χ3v) is 3.63. The maximum absolute atomic E-state index is 12.5. The molecule has 0 spiro atoms. The molecule has 1 aromatic carbocycles. The summed E-state index contributed by atoms with van der Waals surface area (Å²) < 4.78 is 2.28. The monoisotopic (exact) mass is 335 g/mol. The Morgan fingerprint density at radius 1 is 1.25 bits per heavy atom. The maximum Gasteiger partial charge on any atom is 0.269 e. The number of Topliss-reactive ketones (excluding diaryl/α,β-unsaturated/α-hetero) is 1. The van der Waals surface area contributed by atoms with Crippen molar-refractivity contribution >= 4 is 21.7 Å². The molecule has 0 aliphatic carbocycles. The van der Waals surface area contributed by atoms with Crippen molar-refractivity contribution in [3.05, 3.63) is 55.9 Å². The number of hydrogen-bond donors (Lipinski definition) is 1. The summed E-state index contributed by atoms with van der Waals surface area (Å²) in [7, 11) is 0. The Hall–Kier alpha value is -1.88. The van der Waals surface area contributed by atoms with Gasteiger partial charge in [0.1, 0.15) is 11.3 Å². The highest BCUT2D eigenvalue weighted by atomic mass is 79.9. The van der Waals surface area contributed by atoms with Crippen molar-refractivity contribution in [1.29, 1.82) is 0 Å². The van der Waals surface area contributed by atoms with E-state index >= 15 is 0 Å². The van der Waals surface area contributed by atoms with Gasteiger partial charge in [-0.05, 0) is 38.5 Å². The molecule has 20 heavy (non-hydrogen) atoms. The lowest BCUT2D eigenvalue weighted by Gasteiger charge is -2.15. The minimum Gasteiger partial charge on any atom is -0.507 e. The van der Waals surface area contributed by atoms with Crippen LogP contribution in [0.25, 0.3) is 5.69 Å². The number of aryl methyl sites for hydroxylation is 2. The fourth-order valence-electron chi connectivity index (χ4n) is 2.17. The first-order chi connectivity index (χ1) is 9.32. The van der Waals surface area contributed by atoms with E-state index in [-0.39, 0.29) is 11.3 Å². The first-order valence-electron chi connectivity index (χ1n) is 6.06. The van der Waals surface area contributed by atoms with Gasteiger partial charge in [0.15, 0.2) is 5.78 Å². The molecule has 0 bridgehead atoms. The number of aromatic hydroxyl groups is 1. The van der Waals surface area contributed by atoms with E-state index in [0.29, 0.717) is 11.4 Å². The summed E-state index contributed by atoms with van der Waals surface area (Å²) in [6.45, 7) is 4.86. The van der Waals surface area contributed by atoms with Crippen LogP contribution in [0.1, 0.15) is 28.5 Å². The van der Waals surface area contributed by atoms with Gasteiger partial charge >= 0.3 is 0 Å². The Balaban J connectivity index is 2.88. The average molecular weight is 336 g/mol. The van der Waals surface area contributed by atoms with E-state index < -0.39 is 11.3 Å². The molecule has 0 saturated heterocycles. The van der Waals surface area contributed by atoms with E-state index in [0.717, 1.165) is 10.0 Å². The van der Waals surface area contributed by atoms with Gasteiger partial charge in [0.25, 0.3) is 5.56 Å². The van der Waals surface area contributed by atoms with Gasteiger partial charge in [-0.2, -0.15) is 0 Å². The van der Waals surface area contributed by atoms with E-state index in [1.807, 2.05) is 25.1 Å². The molecule has 1 aromatic heterocycles. The number of halogens is 1. The predicted octanol–water partition coefficient (Wildman–Crippen LogP) is 3.13. The molecular formula is C15H14BrNO3. The van der Waals surface area contributed by atoms with Crippen LogP contribution in [0.2, 0.25) is 0 Å². The van der Waals surface area contributed by atoms with Crippen LogP contribution in [0, 0.1) is 13.8 Å². The zero-order chi connectivity index (χ0) is 15.0. The number of hydrogen-bond acceptors (Lipinski definition) is 3. The van der Waals surface area contributed by atoms with Crippen LogP contribution in [0.5, 0.6) is 5.75 Å². The van der Waals surface area contributed by atoms with Crippen molar-refractivity contribution < 1.29 is 9.90 Å². The quantitative estimate of drug-likeness (QED) is 0.857. The fraction of sp³-hybridized carbons (Fsp3) is 0.200. The summed E-state index contributed by atoms with van der Waals surface area (Å²) in [6.07, 6.45) is 0. The van der Waals surface area contributed by atoms with Crippen molar-refractivity contribution in [1.82, 2.24) is 4.57 Å². The summed E-state index contributed by atoms with van der Waals surface area (Å²) >= 11 is 3.37. The lowest BCUT2D eigenvalue weighted by Crippen LogP contribution is -2.26. The largest absolute Gasteiger partial charge is 0.507 e. The lowest BCUT2D eigenvalue weighted by atomic mass is 10.1. The number of aromatic nitrogens is 1. The molecule has 4 nitrogen and oxygen atoms in total. The van der Waals surface area contributed by atoms with Crippen LogP contribution in [-0.4, -0.2) is 15.5 Å². The SMILES string of the molecule is CC(=O)c1c(O)cc(C)n(-c2cc(Br)ccc2C)c1=O. The van der Waals surface area contributed by atoms with Gasteiger partial charge in [0, 0.05) is 16.2 Å². The molecule has 0 amide bonds.